The van der Waals surface area contributed by atoms with Gasteiger partial charge in [0.2, 0.25) is 11.8 Å². The Morgan fingerprint density at radius 2 is 1.80 bits per heavy atom. The van der Waals surface area contributed by atoms with Gasteiger partial charge in [0, 0.05) is 29.8 Å². The number of hydrogen-bond donors (Lipinski definition) is 4. The minimum absolute atomic E-state index is 0.123. The molecule has 0 saturated heterocycles. The van der Waals surface area contributed by atoms with Gasteiger partial charge in [-0.15, -0.1) is 24.9 Å². The van der Waals surface area contributed by atoms with E-state index in [4.69, 9.17) is 11.6 Å². The van der Waals surface area contributed by atoms with Crippen molar-refractivity contribution in [3.8, 4) is 5.75 Å². The molecular weight excluding hydrogens is 487 g/mol. The Labute approximate surface area is 204 Å². The largest absolute Gasteiger partial charge is 0.573 e. The molecule has 0 aliphatic rings. The van der Waals surface area contributed by atoms with E-state index in [1.54, 1.807) is 25.1 Å². The third-order valence-corrected chi connectivity index (χ3v) is 5.56. The summed E-state index contributed by atoms with van der Waals surface area (Å²) in [6.45, 7) is 3.02. The molecule has 6 N–H and O–H groups in total. The first kappa shape index (κ1) is 27.8. The molecule has 0 spiro atoms. The maximum Gasteiger partial charge on any atom is 0.573 e. The Bertz CT molecular complexity index is 1050. The van der Waals surface area contributed by atoms with E-state index in [2.05, 4.69) is 15.4 Å². The van der Waals surface area contributed by atoms with E-state index < -0.39 is 30.8 Å². The van der Waals surface area contributed by atoms with Crippen molar-refractivity contribution in [2.45, 2.75) is 31.1 Å². The monoisotopic (exact) mass is 513 g/mol. The number of amides is 3. The molecule has 0 aliphatic heterocycles. The molecule has 2 rings (SSSR count). The van der Waals surface area contributed by atoms with Crippen LogP contribution < -0.4 is 26.9 Å². The van der Waals surface area contributed by atoms with E-state index in [-0.39, 0.29) is 22.9 Å². The normalized spacial score (nSPS) is 11.9. The number of rotatable bonds is 10. The minimum atomic E-state index is -4.80. The summed E-state index contributed by atoms with van der Waals surface area (Å²) < 4.78 is 40.7. The maximum absolute atomic E-state index is 12.7. The number of halogens is 3. The number of ether oxygens (including phenoxy) is 1. The summed E-state index contributed by atoms with van der Waals surface area (Å²) in [7, 11) is 0. The second-order valence-electron chi connectivity index (χ2n) is 7.42. The fourth-order valence-corrected chi connectivity index (χ4v) is 3.72. The Morgan fingerprint density at radius 3 is 2.40 bits per heavy atom. The van der Waals surface area contributed by atoms with Gasteiger partial charge in [0.1, 0.15) is 12.3 Å². The van der Waals surface area contributed by atoms with Crippen LogP contribution in [0.3, 0.4) is 0 Å². The van der Waals surface area contributed by atoms with Crippen molar-refractivity contribution in [1.29, 1.82) is 0 Å². The molecular formula is C22H26F3N5O4S. The molecule has 13 heteroatoms. The number of benzene rings is 2. The molecule has 0 aliphatic carbocycles. The van der Waals surface area contributed by atoms with Crippen molar-refractivity contribution in [3.63, 3.8) is 0 Å². The van der Waals surface area contributed by atoms with Crippen molar-refractivity contribution in [2.75, 3.05) is 24.6 Å². The highest BCUT2D eigenvalue weighted by Crippen LogP contribution is 2.25. The molecule has 0 unspecified atom stereocenters. The van der Waals surface area contributed by atoms with Gasteiger partial charge in [0.05, 0.1) is 11.6 Å². The Kier molecular flexibility index (Phi) is 9.78. The number of nitrogens with two attached hydrogens (primary N) is 2. The number of alkyl halides is 3. The first-order chi connectivity index (χ1) is 16.4. The lowest BCUT2D eigenvalue weighted by Gasteiger charge is -2.20. The van der Waals surface area contributed by atoms with Crippen LogP contribution >= 0.6 is 11.8 Å². The van der Waals surface area contributed by atoms with Crippen LogP contribution in [0.1, 0.15) is 35.8 Å². The van der Waals surface area contributed by atoms with Crippen molar-refractivity contribution in [1.82, 2.24) is 15.6 Å². The number of nitrogen functional groups attached to an aromatic ring is 1. The van der Waals surface area contributed by atoms with Crippen LogP contribution in [-0.2, 0) is 9.59 Å². The SMILES string of the molecule is CC(=O)NCCSc1ccc(N)c(C(=O)N(N)CC(=O)N[C@@H](C)c2ccc(OC(F)(F)F)cc2)c1. The molecule has 0 saturated carbocycles. The van der Waals surface area contributed by atoms with Gasteiger partial charge in [0.25, 0.3) is 5.91 Å². The maximum atomic E-state index is 12.7. The van der Waals surface area contributed by atoms with Crippen molar-refractivity contribution in [3.05, 3.63) is 53.6 Å². The lowest BCUT2D eigenvalue weighted by atomic mass is 10.1. The second kappa shape index (κ2) is 12.3. The molecule has 9 nitrogen and oxygen atoms in total. The third-order valence-electron chi connectivity index (χ3n) is 4.57. The molecule has 3 amide bonds. The summed E-state index contributed by atoms with van der Waals surface area (Å²) in [5.41, 5.74) is 6.74. The summed E-state index contributed by atoms with van der Waals surface area (Å²) in [5, 5.41) is 6.01. The van der Waals surface area contributed by atoms with Crippen LogP contribution in [0.5, 0.6) is 5.75 Å². The number of nitrogens with zero attached hydrogens (tertiary/aromatic N) is 1. The summed E-state index contributed by atoms with van der Waals surface area (Å²) in [6, 6.07) is 9.30. The first-order valence-corrected chi connectivity index (χ1v) is 11.3. The molecule has 0 aromatic heterocycles. The van der Waals surface area contributed by atoms with Gasteiger partial charge in [0.15, 0.2) is 0 Å². The highest BCUT2D eigenvalue weighted by atomic mass is 32.2. The van der Waals surface area contributed by atoms with Gasteiger partial charge in [-0.2, -0.15) is 0 Å². The molecule has 0 heterocycles. The summed E-state index contributed by atoms with van der Waals surface area (Å²) >= 11 is 1.41. The number of hydrogen-bond acceptors (Lipinski definition) is 7. The van der Waals surface area contributed by atoms with E-state index in [9.17, 15) is 27.6 Å². The van der Waals surface area contributed by atoms with E-state index in [1.807, 2.05) is 0 Å². The summed E-state index contributed by atoms with van der Waals surface area (Å²) in [4.78, 5) is 36.8. The first-order valence-electron chi connectivity index (χ1n) is 10.3. The lowest BCUT2D eigenvalue weighted by molar-refractivity contribution is -0.274. The molecule has 35 heavy (non-hydrogen) atoms. The molecule has 0 radical (unpaired) electrons. The fraction of sp³-hybridized carbons (Fsp3) is 0.318. The van der Waals surface area contributed by atoms with Crippen LogP contribution in [0.4, 0.5) is 18.9 Å². The fourth-order valence-electron chi connectivity index (χ4n) is 2.92. The molecule has 190 valence electrons. The minimum Gasteiger partial charge on any atom is -0.406 e. The Hall–Kier alpha value is -3.45. The average molecular weight is 514 g/mol. The standard InChI is InChI=1S/C22H26F3N5O4S/c1-13(15-3-5-16(6-4-15)34-22(23,24)25)29-20(32)12-30(27)21(33)18-11-17(7-8-19(18)26)35-10-9-28-14(2)31/h3-8,11,13H,9-10,12,26-27H2,1-2H3,(H,28,31)(H,29,32)/t13-/m0/s1. The van der Waals surface area contributed by atoms with Gasteiger partial charge >= 0.3 is 6.36 Å². The van der Waals surface area contributed by atoms with Crippen LogP contribution in [0.25, 0.3) is 0 Å². The van der Waals surface area contributed by atoms with Crippen molar-refractivity contribution < 1.29 is 32.3 Å². The van der Waals surface area contributed by atoms with E-state index in [1.165, 1.54) is 30.8 Å². The highest BCUT2D eigenvalue weighted by Gasteiger charge is 2.31. The van der Waals surface area contributed by atoms with Crippen LogP contribution in [0.15, 0.2) is 47.4 Å². The zero-order valence-corrected chi connectivity index (χ0v) is 19.8. The highest BCUT2D eigenvalue weighted by molar-refractivity contribution is 7.99. The molecule has 0 bridgehead atoms. The van der Waals surface area contributed by atoms with E-state index >= 15 is 0 Å². The van der Waals surface area contributed by atoms with Crippen molar-refractivity contribution in [2.24, 2.45) is 5.84 Å². The van der Waals surface area contributed by atoms with Gasteiger partial charge < -0.3 is 21.1 Å². The average Bonchev–Trinajstić information content (AvgIpc) is 2.76. The Morgan fingerprint density at radius 1 is 1.14 bits per heavy atom. The van der Waals surface area contributed by atoms with Crippen LogP contribution in [0.2, 0.25) is 0 Å². The zero-order valence-electron chi connectivity index (χ0n) is 19.0. The number of carbonyl (C=O) groups excluding carboxylic acids is 3. The van der Waals surface area contributed by atoms with Crippen molar-refractivity contribution >= 4 is 35.2 Å². The van der Waals surface area contributed by atoms with Gasteiger partial charge in [-0.25, -0.2) is 5.84 Å². The van der Waals surface area contributed by atoms with Crippen LogP contribution in [0, 0.1) is 0 Å². The zero-order chi connectivity index (χ0) is 26.2. The van der Waals surface area contributed by atoms with Gasteiger partial charge in [-0.3, -0.25) is 19.4 Å². The van der Waals surface area contributed by atoms with Gasteiger partial charge in [-0.05, 0) is 42.8 Å². The van der Waals surface area contributed by atoms with Gasteiger partial charge in [-0.1, -0.05) is 12.1 Å². The predicted octanol–water partition coefficient (Wildman–Crippen LogP) is 2.59. The summed E-state index contributed by atoms with van der Waals surface area (Å²) in [5.74, 6) is 4.62. The number of anilines is 1. The molecule has 2 aromatic carbocycles. The van der Waals surface area contributed by atoms with E-state index in [0.717, 1.165) is 22.0 Å². The lowest BCUT2D eigenvalue weighted by Crippen LogP contribution is -2.45. The number of nitrogens with one attached hydrogen (secondary N) is 2. The molecule has 1 atom stereocenters. The second-order valence-corrected chi connectivity index (χ2v) is 8.59. The molecule has 2 aromatic rings. The number of thioether (sulfide) groups is 1. The topological polar surface area (TPSA) is 140 Å². The Balaban J connectivity index is 1.93. The third kappa shape index (κ3) is 9.37. The summed E-state index contributed by atoms with van der Waals surface area (Å²) in [6.07, 6.45) is -4.80. The van der Waals surface area contributed by atoms with Crippen LogP contribution in [-0.4, -0.2) is 47.9 Å². The number of hydrazine groups is 1. The van der Waals surface area contributed by atoms with E-state index in [0.29, 0.717) is 17.9 Å². The number of carbonyl (C=O) groups is 3. The predicted molar refractivity (Wildman–Crippen MR) is 125 cm³/mol. The quantitative estimate of drug-likeness (QED) is 0.0956. The smallest absolute Gasteiger partial charge is 0.406 e. The molecule has 0 fully saturated rings.